The van der Waals surface area contributed by atoms with Gasteiger partial charge in [-0.15, -0.1) is 0 Å². The summed E-state index contributed by atoms with van der Waals surface area (Å²) in [5.41, 5.74) is 3.87. The molecule has 6 heteroatoms. The zero-order chi connectivity index (χ0) is 17.6. The van der Waals surface area contributed by atoms with Crippen molar-refractivity contribution in [3.05, 3.63) is 47.3 Å². The quantitative estimate of drug-likeness (QED) is 0.793. The van der Waals surface area contributed by atoms with Gasteiger partial charge in [-0.1, -0.05) is 18.2 Å². The van der Waals surface area contributed by atoms with E-state index in [1.54, 1.807) is 7.11 Å². The zero-order valence-corrected chi connectivity index (χ0v) is 15.0. The summed E-state index contributed by atoms with van der Waals surface area (Å²) in [6, 6.07) is 10.0. The predicted octanol–water partition coefficient (Wildman–Crippen LogP) is 1.67. The number of likely N-dealkylation sites (N-methyl/N-ethyl adjacent to an activating group) is 1. The Kier molecular flexibility index (Phi) is 5.83. The normalized spacial score (nSPS) is 13.2. The Morgan fingerprint density at radius 1 is 1.28 bits per heavy atom. The van der Waals surface area contributed by atoms with Gasteiger partial charge >= 0.3 is 0 Å². The second kappa shape index (κ2) is 8.27. The van der Waals surface area contributed by atoms with E-state index in [-0.39, 0.29) is 5.91 Å². The largest absolute Gasteiger partial charge is 0.383 e. The highest BCUT2D eigenvalue weighted by Gasteiger charge is 2.26. The minimum absolute atomic E-state index is 0.0760. The van der Waals surface area contributed by atoms with Gasteiger partial charge in [0.2, 0.25) is 0 Å². The number of hydrogen-bond donors (Lipinski definition) is 1. The van der Waals surface area contributed by atoms with Gasteiger partial charge in [-0.3, -0.25) is 4.79 Å². The Labute approximate surface area is 148 Å². The summed E-state index contributed by atoms with van der Waals surface area (Å²) in [5, 5.41) is 7.62. The number of rotatable bonds is 8. The van der Waals surface area contributed by atoms with E-state index in [9.17, 15) is 4.79 Å². The highest BCUT2D eigenvalue weighted by atomic mass is 16.5. The van der Waals surface area contributed by atoms with E-state index < -0.39 is 0 Å². The summed E-state index contributed by atoms with van der Waals surface area (Å²) < 4.78 is 7.00. The van der Waals surface area contributed by atoms with Crippen LogP contribution < -0.4 is 5.32 Å². The highest BCUT2D eigenvalue weighted by molar-refractivity contribution is 5.94. The number of benzene rings is 1. The molecule has 0 radical (unpaired) electrons. The van der Waals surface area contributed by atoms with Crippen molar-refractivity contribution in [3.63, 3.8) is 0 Å². The summed E-state index contributed by atoms with van der Waals surface area (Å²) in [6.07, 6.45) is 2.99. The molecule has 1 amide bonds. The lowest BCUT2D eigenvalue weighted by atomic mass is 10.2. The second-order valence-corrected chi connectivity index (χ2v) is 6.43. The Bertz CT molecular complexity index is 712. The van der Waals surface area contributed by atoms with E-state index in [0.29, 0.717) is 18.8 Å². The molecule has 0 unspecified atom stereocenters. The van der Waals surface area contributed by atoms with Gasteiger partial charge < -0.3 is 15.0 Å². The summed E-state index contributed by atoms with van der Waals surface area (Å²) in [5.74, 6) is -0.0760. The number of nitrogens with zero attached hydrogens (tertiary/aromatic N) is 3. The SMILES string of the molecule is COCCN(C)CCNC(=O)c1nn(-c2ccccc2)c2c1CCC2. The van der Waals surface area contributed by atoms with Crippen LogP contribution in [0, 0.1) is 0 Å². The molecule has 0 saturated carbocycles. The van der Waals surface area contributed by atoms with Crippen molar-refractivity contribution in [1.29, 1.82) is 0 Å². The lowest BCUT2D eigenvalue weighted by Crippen LogP contribution is -2.34. The average molecular weight is 342 g/mol. The molecule has 0 saturated heterocycles. The number of carbonyl (C=O) groups excluding carboxylic acids is 1. The first kappa shape index (κ1) is 17.6. The van der Waals surface area contributed by atoms with Crippen LogP contribution in [-0.2, 0) is 17.6 Å². The van der Waals surface area contributed by atoms with Crippen molar-refractivity contribution < 1.29 is 9.53 Å². The van der Waals surface area contributed by atoms with Crippen molar-refractivity contribution in [3.8, 4) is 5.69 Å². The molecule has 1 aliphatic carbocycles. The lowest BCUT2D eigenvalue weighted by molar-refractivity contribution is 0.0941. The number of methoxy groups -OCH3 is 1. The van der Waals surface area contributed by atoms with E-state index in [0.717, 1.165) is 43.6 Å². The van der Waals surface area contributed by atoms with Crippen molar-refractivity contribution in [2.24, 2.45) is 0 Å². The molecule has 1 heterocycles. The molecular formula is C19H26N4O2. The van der Waals surface area contributed by atoms with Gasteiger partial charge in [0.25, 0.3) is 5.91 Å². The van der Waals surface area contributed by atoms with Gasteiger partial charge in [-0.2, -0.15) is 5.10 Å². The highest BCUT2D eigenvalue weighted by Crippen LogP contribution is 2.27. The number of fused-ring (bicyclic) bond motifs is 1. The minimum Gasteiger partial charge on any atom is -0.383 e. The molecule has 1 aliphatic rings. The number of carbonyl (C=O) groups is 1. The third-order valence-corrected chi connectivity index (χ3v) is 4.60. The maximum atomic E-state index is 12.6. The minimum atomic E-state index is -0.0760. The predicted molar refractivity (Wildman–Crippen MR) is 97.3 cm³/mol. The van der Waals surface area contributed by atoms with Crippen molar-refractivity contribution >= 4 is 5.91 Å². The number of amides is 1. The van der Waals surface area contributed by atoms with Crippen LogP contribution in [0.4, 0.5) is 0 Å². The number of hydrogen-bond acceptors (Lipinski definition) is 4. The molecule has 0 bridgehead atoms. The number of aromatic nitrogens is 2. The fourth-order valence-corrected chi connectivity index (χ4v) is 3.21. The maximum absolute atomic E-state index is 12.6. The summed E-state index contributed by atoms with van der Waals surface area (Å²) in [4.78, 5) is 14.8. The fraction of sp³-hybridized carbons (Fsp3) is 0.474. The molecule has 0 atom stereocenters. The lowest BCUT2D eigenvalue weighted by Gasteiger charge is -2.15. The van der Waals surface area contributed by atoms with Gasteiger partial charge in [0.05, 0.1) is 12.3 Å². The number of ether oxygens (including phenoxy) is 1. The van der Waals surface area contributed by atoms with Crippen LogP contribution >= 0.6 is 0 Å². The first-order valence-corrected chi connectivity index (χ1v) is 8.82. The van der Waals surface area contributed by atoms with E-state index >= 15 is 0 Å². The van der Waals surface area contributed by atoms with Crippen LogP contribution in [0.5, 0.6) is 0 Å². The molecule has 1 N–H and O–H groups in total. The van der Waals surface area contributed by atoms with Crippen molar-refractivity contribution in [2.75, 3.05) is 40.4 Å². The Morgan fingerprint density at radius 2 is 2.08 bits per heavy atom. The molecule has 6 nitrogen and oxygen atoms in total. The van der Waals surface area contributed by atoms with E-state index in [2.05, 4.69) is 15.3 Å². The van der Waals surface area contributed by atoms with E-state index in [4.69, 9.17) is 4.74 Å². The van der Waals surface area contributed by atoms with Crippen molar-refractivity contribution in [2.45, 2.75) is 19.3 Å². The molecule has 25 heavy (non-hydrogen) atoms. The van der Waals surface area contributed by atoms with E-state index in [1.807, 2.05) is 42.1 Å². The van der Waals surface area contributed by atoms with Crippen LogP contribution in [-0.4, -0.2) is 61.0 Å². The molecule has 1 aromatic carbocycles. The first-order valence-electron chi connectivity index (χ1n) is 8.82. The van der Waals surface area contributed by atoms with Crippen LogP contribution in [0.3, 0.4) is 0 Å². The smallest absolute Gasteiger partial charge is 0.272 e. The van der Waals surface area contributed by atoms with Gasteiger partial charge in [0.15, 0.2) is 5.69 Å². The van der Waals surface area contributed by atoms with Gasteiger partial charge in [0, 0.05) is 38.0 Å². The molecule has 0 spiro atoms. The molecule has 134 valence electrons. The summed E-state index contributed by atoms with van der Waals surface area (Å²) >= 11 is 0. The Morgan fingerprint density at radius 3 is 2.84 bits per heavy atom. The van der Waals surface area contributed by atoms with Gasteiger partial charge in [-0.25, -0.2) is 4.68 Å². The molecule has 0 fully saturated rings. The number of para-hydroxylation sites is 1. The van der Waals surface area contributed by atoms with Gasteiger partial charge in [0.1, 0.15) is 0 Å². The summed E-state index contributed by atoms with van der Waals surface area (Å²) in [7, 11) is 3.71. The van der Waals surface area contributed by atoms with Crippen molar-refractivity contribution in [1.82, 2.24) is 20.0 Å². The fourth-order valence-electron chi connectivity index (χ4n) is 3.21. The third kappa shape index (κ3) is 4.08. The molecule has 0 aliphatic heterocycles. The van der Waals surface area contributed by atoms with Gasteiger partial charge in [-0.05, 0) is 38.4 Å². The zero-order valence-electron chi connectivity index (χ0n) is 15.0. The maximum Gasteiger partial charge on any atom is 0.272 e. The third-order valence-electron chi connectivity index (χ3n) is 4.60. The standard InChI is InChI=1S/C19H26N4O2/c1-22(13-14-25-2)12-11-20-19(24)18-16-9-6-10-17(16)23(21-18)15-7-4-3-5-8-15/h3-5,7-8H,6,9-14H2,1-2H3,(H,20,24). The van der Waals surface area contributed by atoms with Crippen LogP contribution in [0.1, 0.15) is 28.2 Å². The Balaban J connectivity index is 1.67. The van der Waals surface area contributed by atoms with Crippen LogP contribution in [0.25, 0.3) is 5.69 Å². The number of nitrogens with one attached hydrogen (secondary N) is 1. The molecule has 2 aromatic rings. The van der Waals surface area contributed by atoms with Crippen LogP contribution in [0.2, 0.25) is 0 Å². The molecule has 3 rings (SSSR count). The molecular weight excluding hydrogens is 316 g/mol. The van der Waals surface area contributed by atoms with E-state index in [1.165, 1.54) is 5.69 Å². The Hall–Kier alpha value is -2.18. The molecule has 1 aromatic heterocycles. The van der Waals surface area contributed by atoms with Crippen LogP contribution in [0.15, 0.2) is 30.3 Å². The average Bonchev–Trinajstić information content (AvgIpc) is 3.23. The topological polar surface area (TPSA) is 59.4 Å². The summed E-state index contributed by atoms with van der Waals surface area (Å²) in [6.45, 7) is 2.94. The monoisotopic (exact) mass is 342 g/mol. The first-order chi connectivity index (χ1) is 12.2. The second-order valence-electron chi connectivity index (χ2n) is 6.43.